The van der Waals surface area contributed by atoms with Gasteiger partial charge in [0, 0.05) is 12.8 Å². The highest BCUT2D eigenvalue weighted by molar-refractivity contribution is 6.04. The Bertz CT molecular complexity index is 623. The molecular weight excluding hydrogens is 258 g/mol. The van der Waals surface area contributed by atoms with Gasteiger partial charge in [-0.05, 0) is 26.3 Å². The van der Waals surface area contributed by atoms with E-state index in [1.54, 1.807) is 19.2 Å². The van der Waals surface area contributed by atoms with Gasteiger partial charge in [-0.15, -0.1) is 0 Å². The molecule has 0 aliphatic carbocycles. The Kier molecular flexibility index (Phi) is 3.31. The van der Waals surface area contributed by atoms with E-state index in [9.17, 15) is 4.79 Å². The van der Waals surface area contributed by atoms with Crippen molar-refractivity contribution >= 4 is 11.6 Å². The molecule has 0 unspecified atom stereocenters. The number of nitrogens with zero attached hydrogens (tertiary/aromatic N) is 2. The number of amides is 1. The zero-order valence-corrected chi connectivity index (χ0v) is 11.5. The molecule has 1 fully saturated rings. The third-order valence-electron chi connectivity index (χ3n) is 3.42. The summed E-state index contributed by atoms with van der Waals surface area (Å²) >= 11 is 0. The summed E-state index contributed by atoms with van der Waals surface area (Å²) in [6, 6.07) is 2.00. The van der Waals surface area contributed by atoms with Gasteiger partial charge in [-0.3, -0.25) is 9.48 Å². The van der Waals surface area contributed by atoms with E-state index in [4.69, 9.17) is 9.15 Å². The Morgan fingerprint density at radius 3 is 3.00 bits per heavy atom. The second-order valence-corrected chi connectivity index (χ2v) is 5.01. The summed E-state index contributed by atoms with van der Waals surface area (Å²) in [4.78, 5) is 12.1. The zero-order valence-electron chi connectivity index (χ0n) is 11.5. The lowest BCUT2D eigenvalue weighted by atomic mass is 10.2. The topological polar surface area (TPSA) is 69.3 Å². The lowest BCUT2D eigenvalue weighted by Gasteiger charge is -2.06. The lowest BCUT2D eigenvalue weighted by molar-refractivity contribution is 0.102. The van der Waals surface area contributed by atoms with Crippen molar-refractivity contribution in [3.8, 4) is 0 Å². The molecule has 0 radical (unpaired) electrons. The van der Waals surface area contributed by atoms with Gasteiger partial charge in [0.05, 0.1) is 30.1 Å². The van der Waals surface area contributed by atoms with E-state index in [0.29, 0.717) is 23.6 Å². The van der Waals surface area contributed by atoms with Gasteiger partial charge in [-0.25, -0.2) is 0 Å². The normalized spacial score (nSPS) is 18.4. The number of furan rings is 1. The van der Waals surface area contributed by atoms with Crippen LogP contribution in [0.25, 0.3) is 0 Å². The number of hydrogen-bond acceptors (Lipinski definition) is 4. The molecule has 0 bridgehead atoms. The first-order valence-electron chi connectivity index (χ1n) is 6.64. The Balaban J connectivity index is 1.71. The van der Waals surface area contributed by atoms with Crippen molar-refractivity contribution in [3.05, 3.63) is 35.5 Å². The number of carbonyl (C=O) groups is 1. The first kappa shape index (κ1) is 12.9. The summed E-state index contributed by atoms with van der Waals surface area (Å²) in [6.45, 7) is 5.04. The van der Waals surface area contributed by atoms with Crippen molar-refractivity contribution in [1.29, 1.82) is 0 Å². The average molecular weight is 275 g/mol. The van der Waals surface area contributed by atoms with E-state index < -0.39 is 0 Å². The number of carbonyl (C=O) groups excluding carboxylic acids is 1. The van der Waals surface area contributed by atoms with Crippen LogP contribution in [0, 0.1) is 13.8 Å². The fourth-order valence-corrected chi connectivity index (χ4v) is 2.39. The smallest absolute Gasteiger partial charge is 0.259 e. The van der Waals surface area contributed by atoms with Crippen molar-refractivity contribution in [2.75, 3.05) is 18.5 Å². The quantitative estimate of drug-likeness (QED) is 0.933. The van der Waals surface area contributed by atoms with E-state index >= 15 is 0 Å². The first-order chi connectivity index (χ1) is 9.63. The summed E-state index contributed by atoms with van der Waals surface area (Å²) in [5.74, 6) is 1.17. The number of nitrogens with one attached hydrogen (secondary N) is 1. The second kappa shape index (κ2) is 5.13. The molecule has 3 rings (SSSR count). The summed E-state index contributed by atoms with van der Waals surface area (Å²) in [6.07, 6.45) is 4.44. The van der Waals surface area contributed by atoms with Crippen LogP contribution in [-0.2, 0) is 4.74 Å². The van der Waals surface area contributed by atoms with Crippen LogP contribution >= 0.6 is 0 Å². The van der Waals surface area contributed by atoms with Crippen LogP contribution in [0.2, 0.25) is 0 Å². The molecule has 6 nitrogen and oxygen atoms in total. The van der Waals surface area contributed by atoms with Crippen molar-refractivity contribution in [2.45, 2.75) is 26.3 Å². The van der Waals surface area contributed by atoms with Crippen LogP contribution in [0.15, 0.2) is 22.9 Å². The second-order valence-electron chi connectivity index (χ2n) is 5.01. The molecule has 106 valence electrons. The van der Waals surface area contributed by atoms with Gasteiger partial charge in [0.2, 0.25) is 0 Å². The van der Waals surface area contributed by atoms with Gasteiger partial charge in [0.1, 0.15) is 11.5 Å². The SMILES string of the molecule is Cc1cc(C(=O)Nc2cnn([C@H]3CCOC3)c2)c(C)o1. The molecule has 0 saturated carbocycles. The lowest BCUT2D eigenvalue weighted by Crippen LogP contribution is -2.12. The maximum atomic E-state index is 12.1. The molecule has 3 heterocycles. The van der Waals surface area contributed by atoms with E-state index in [0.717, 1.165) is 18.8 Å². The van der Waals surface area contributed by atoms with Crippen LogP contribution < -0.4 is 5.32 Å². The van der Waals surface area contributed by atoms with Crippen molar-refractivity contribution in [2.24, 2.45) is 0 Å². The Morgan fingerprint density at radius 1 is 1.50 bits per heavy atom. The fraction of sp³-hybridized carbons (Fsp3) is 0.429. The Labute approximate surface area is 116 Å². The van der Waals surface area contributed by atoms with Crippen LogP contribution in [0.5, 0.6) is 0 Å². The molecule has 0 spiro atoms. The summed E-state index contributed by atoms with van der Waals surface area (Å²) in [7, 11) is 0. The molecule has 1 saturated heterocycles. The van der Waals surface area contributed by atoms with Gasteiger partial charge in [-0.1, -0.05) is 0 Å². The number of anilines is 1. The average Bonchev–Trinajstić information content (AvgIpc) is 3.09. The summed E-state index contributed by atoms with van der Waals surface area (Å²) < 4.78 is 12.5. The van der Waals surface area contributed by atoms with Crippen LogP contribution in [-0.4, -0.2) is 28.9 Å². The standard InChI is InChI=1S/C14H17N3O3/c1-9-5-13(10(2)20-9)14(18)16-11-6-15-17(7-11)12-3-4-19-8-12/h5-7,12H,3-4,8H2,1-2H3,(H,16,18)/t12-/m0/s1. The maximum absolute atomic E-state index is 12.1. The molecule has 1 atom stereocenters. The molecule has 2 aromatic heterocycles. The van der Waals surface area contributed by atoms with Crippen molar-refractivity contribution in [3.63, 3.8) is 0 Å². The Hall–Kier alpha value is -2.08. The van der Waals surface area contributed by atoms with E-state index in [1.807, 2.05) is 17.8 Å². The molecule has 1 aliphatic rings. The fourth-order valence-electron chi connectivity index (χ4n) is 2.39. The minimum Gasteiger partial charge on any atom is -0.466 e. The number of rotatable bonds is 3. The highest BCUT2D eigenvalue weighted by atomic mass is 16.5. The largest absolute Gasteiger partial charge is 0.466 e. The minimum absolute atomic E-state index is 0.179. The number of ether oxygens (including phenoxy) is 1. The Morgan fingerprint density at radius 2 is 2.35 bits per heavy atom. The van der Waals surface area contributed by atoms with E-state index in [1.165, 1.54) is 0 Å². The number of aryl methyl sites for hydroxylation is 2. The predicted octanol–water partition coefficient (Wildman–Crippen LogP) is 2.31. The first-order valence-corrected chi connectivity index (χ1v) is 6.64. The molecule has 6 heteroatoms. The van der Waals surface area contributed by atoms with Gasteiger partial charge in [-0.2, -0.15) is 5.10 Å². The van der Waals surface area contributed by atoms with Crippen molar-refractivity contribution in [1.82, 2.24) is 9.78 Å². The molecule has 0 aromatic carbocycles. The molecule has 1 aliphatic heterocycles. The highest BCUT2D eigenvalue weighted by Crippen LogP contribution is 2.20. The zero-order chi connectivity index (χ0) is 14.1. The van der Waals surface area contributed by atoms with Crippen LogP contribution in [0.3, 0.4) is 0 Å². The molecule has 2 aromatic rings. The number of aromatic nitrogens is 2. The molecule has 20 heavy (non-hydrogen) atoms. The molecule has 1 N–H and O–H groups in total. The predicted molar refractivity (Wildman–Crippen MR) is 72.8 cm³/mol. The van der Waals surface area contributed by atoms with Crippen LogP contribution in [0.4, 0.5) is 5.69 Å². The third kappa shape index (κ3) is 2.46. The monoisotopic (exact) mass is 275 g/mol. The summed E-state index contributed by atoms with van der Waals surface area (Å²) in [5, 5.41) is 7.10. The highest BCUT2D eigenvalue weighted by Gasteiger charge is 2.19. The van der Waals surface area contributed by atoms with Gasteiger partial charge < -0.3 is 14.5 Å². The van der Waals surface area contributed by atoms with Gasteiger partial charge in [0.25, 0.3) is 5.91 Å². The maximum Gasteiger partial charge on any atom is 0.259 e. The van der Waals surface area contributed by atoms with Crippen molar-refractivity contribution < 1.29 is 13.9 Å². The third-order valence-corrected chi connectivity index (χ3v) is 3.42. The minimum atomic E-state index is -0.179. The van der Waals surface area contributed by atoms with E-state index in [2.05, 4.69) is 10.4 Å². The molecule has 1 amide bonds. The van der Waals surface area contributed by atoms with Gasteiger partial charge >= 0.3 is 0 Å². The molecular formula is C14H17N3O3. The van der Waals surface area contributed by atoms with Crippen LogP contribution in [0.1, 0.15) is 34.3 Å². The van der Waals surface area contributed by atoms with E-state index in [-0.39, 0.29) is 11.9 Å². The van der Waals surface area contributed by atoms with Gasteiger partial charge in [0.15, 0.2) is 0 Å². The number of hydrogen-bond donors (Lipinski definition) is 1. The summed E-state index contributed by atoms with van der Waals surface area (Å²) in [5.41, 5.74) is 1.24.